The molecule has 0 aromatic rings. The van der Waals surface area contributed by atoms with E-state index in [1.807, 2.05) is 0 Å². The van der Waals surface area contributed by atoms with E-state index in [1.54, 1.807) is 0 Å². The maximum Gasteiger partial charge on any atom is 0 e. The molecule has 0 saturated carbocycles. The fourth-order valence-corrected chi connectivity index (χ4v) is 0. The molecular formula is H12AuN4Ti3. The van der Waals surface area contributed by atoms with E-state index >= 15 is 0 Å². The van der Waals surface area contributed by atoms with E-state index in [9.17, 15) is 0 Å². The number of hydrogen-bond donors (Lipinski definition) is 4. The molecule has 0 aromatic carbocycles. The summed E-state index contributed by atoms with van der Waals surface area (Å²) in [7, 11) is 0. The molecule has 0 rings (SSSR count). The van der Waals surface area contributed by atoms with Gasteiger partial charge in [-0.25, -0.2) is 0 Å². The van der Waals surface area contributed by atoms with Gasteiger partial charge >= 0.3 is 0 Å². The van der Waals surface area contributed by atoms with Crippen molar-refractivity contribution in [3.8, 4) is 0 Å². The molecule has 0 fully saturated rings. The van der Waals surface area contributed by atoms with Gasteiger partial charge in [0.1, 0.15) is 0 Å². The van der Waals surface area contributed by atoms with Gasteiger partial charge in [0.05, 0.1) is 0 Å². The fourth-order valence-electron chi connectivity index (χ4n) is 0. The van der Waals surface area contributed by atoms with E-state index in [1.165, 1.54) is 0 Å². The van der Waals surface area contributed by atoms with Crippen molar-refractivity contribution < 1.29 is 87.5 Å². The minimum Gasteiger partial charge on any atom is -0.344 e. The number of hydrogen-bond acceptors (Lipinski definition) is 4. The Balaban J connectivity index is 0. The first kappa shape index (κ1) is 137. The molecule has 0 spiro atoms. The van der Waals surface area contributed by atoms with E-state index in [0.717, 1.165) is 0 Å². The summed E-state index contributed by atoms with van der Waals surface area (Å²) in [5.74, 6) is 0. The van der Waals surface area contributed by atoms with Gasteiger partial charge in [-0.15, -0.1) is 0 Å². The summed E-state index contributed by atoms with van der Waals surface area (Å²) in [6.07, 6.45) is 0. The van der Waals surface area contributed by atoms with E-state index < -0.39 is 0 Å². The first-order valence-electron chi connectivity index (χ1n) is 0. The summed E-state index contributed by atoms with van der Waals surface area (Å²) < 4.78 is 0. The summed E-state index contributed by atoms with van der Waals surface area (Å²) in [5.41, 5.74) is 0. The molecule has 0 aliphatic carbocycles. The largest absolute Gasteiger partial charge is 0.344 e. The SMILES string of the molecule is N.N.N.N.[Au].[Ti].[Ti].[Ti]. The summed E-state index contributed by atoms with van der Waals surface area (Å²) in [6, 6.07) is 0. The van der Waals surface area contributed by atoms with E-state index in [2.05, 4.69) is 0 Å². The van der Waals surface area contributed by atoms with E-state index in [4.69, 9.17) is 0 Å². The van der Waals surface area contributed by atoms with Gasteiger partial charge in [0.2, 0.25) is 0 Å². The van der Waals surface area contributed by atoms with Crippen LogP contribution < -0.4 is 24.6 Å². The molecule has 0 aromatic heterocycles. The second kappa shape index (κ2) is 99.8. The molecule has 0 aliphatic rings. The Kier molecular flexibility index (Phi) is 1710. The quantitative estimate of drug-likeness (QED) is 0.436. The predicted octanol–water partition coefficient (Wildman–Crippen LogP) is 0.638. The molecule has 0 heterocycles. The Morgan fingerprint density at radius 3 is 0.375 bits per heavy atom. The minimum absolute atomic E-state index is 0. The fraction of sp³-hybridized carbons (Fsp3) is 0. The van der Waals surface area contributed by atoms with Crippen LogP contribution >= 0.6 is 0 Å². The van der Waals surface area contributed by atoms with Crippen LogP contribution in [0.1, 0.15) is 0 Å². The van der Waals surface area contributed by atoms with Crippen LogP contribution in [0.2, 0.25) is 0 Å². The van der Waals surface area contributed by atoms with Crippen LogP contribution in [0.3, 0.4) is 0 Å². The van der Waals surface area contributed by atoms with Gasteiger partial charge in [-0.1, -0.05) is 0 Å². The van der Waals surface area contributed by atoms with Crippen molar-refractivity contribution in [1.82, 2.24) is 24.6 Å². The molecule has 4 nitrogen and oxygen atoms in total. The van der Waals surface area contributed by atoms with Gasteiger partial charge < -0.3 is 24.6 Å². The number of rotatable bonds is 0. The van der Waals surface area contributed by atoms with Gasteiger partial charge in [0.15, 0.2) is 0 Å². The monoisotopic (exact) mass is 409 g/mol. The van der Waals surface area contributed by atoms with Crippen molar-refractivity contribution in [1.29, 1.82) is 0 Å². The molecular weight excluding hydrogens is 397 g/mol. The van der Waals surface area contributed by atoms with Crippen LogP contribution in [0.4, 0.5) is 0 Å². The zero-order chi connectivity index (χ0) is 0. The minimum atomic E-state index is 0. The van der Waals surface area contributed by atoms with Gasteiger partial charge in [-0.05, 0) is 0 Å². The maximum atomic E-state index is 0. The van der Waals surface area contributed by atoms with Crippen molar-refractivity contribution in [3.05, 3.63) is 0 Å². The van der Waals surface area contributed by atoms with Crippen molar-refractivity contribution in [3.63, 3.8) is 0 Å². The van der Waals surface area contributed by atoms with Crippen molar-refractivity contribution >= 4 is 0 Å². The van der Waals surface area contributed by atoms with E-state index in [-0.39, 0.29) is 112 Å². The normalized spacial score (nSPS) is 0. The third-order valence-electron chi connectivity index (χ3n) is 0. The van der Waals surface area contributed by atoms with Crippen molar-refractivity contribution in [2.75, 3.05) is 0 Å². The molecule has 55 valence electrons. The zero-order valence-corrected chi connectivity index (χ0v) is 11.5. The molecule has 0 amide bonds. The molecule has 12 N–H and O–H groups in total. The van der Waals surface area contributed by atoms with E-state index in [0.29, 0.717) is 0 Å². The Bertz CT molecular complexity index is 11.2. The molecule has 8 heteroatoms. The Morgan fingerprint density at radius 2 is 0.375 bits per heavy atom. The maximum absolute atomic E-state index is 0. The van der Waals surface area contributed by atoms with Crippen molar-refractivity contribution in [2.45, 2.75) is 0 Å². The summed E-state index contributed by atoms with van der Waals surface area (Å²) in [4.78, 5) is 0. The summed E-state index contributed by atoms with van der Waals surface area (Å²) in [5, 5.41) is 0. The van der Waals surface area contributed by atoms with Crippen LogP contribution in [-0.4, -0.2) is 0 Å². The second-order valence-electron chi connectivity index (χ2n) is 0. The second-order valence-corrected chi connectivity index (χ2v) is 0. The average Bonchev–Trinajstić information content (AvgIpc) is 0. The molecule has 0 aliphatic heterocycles. The van der Waals surface area contributed by atoms with Gasteiger partial charge in [-0.3, -0.25) is 0 Å². The first-order chi connectivity index (χ1) is 0. The third-order valence-corrected chi connectivity index (χ3v) is 0. The smallest absolute Gasteiger partial charge is 0 e. The summed E-state index contributed by atoms with van der Waals surface area (Å²) >= 11 is 0. The van der Waals surface area contributed by atoms with Gasteiger partial charge in [0.25, 0.3) is 0 Å². The van der Waals surface area contributed by atoms with Crippen LogP contribution in [0, 0.1) is 0 Å². The summed E-state index contributed by atoms with van der Waals surface area (Å²) in [6.45, 7) is 0. The molecule has 8 heavy (non-hydrogen) atoms. The van der Waals surface area contributed by atoms with Crippen LogP contribution in [0.25, 0.3) is 0 Å². The van der Waals surface area contributed by atoms with Crippen LogP contribution in [0.15, 0.2) is 0 Å². The Labute approximate surface area is 111 Å². The Hall–Kier alpha value is 2.72. The molecule has 0 bridgehead atoms. The van der Waals surface area contributed by atoms with Gasteiger partial charge in [-0.2, -0.15) is 0 Å². The predicted molar refractivity (Wildman–Crippen MR) is 20.1 cm³/mol. The average molecular weight is 409 g/mol. The van der Waals surface area contributed by atoms with Crippen molar-refractivity contribution in [2.24, 2.45) is 0 Å². The van der Waals surface area contributed by atoms with Gasteiger partial charge in [0, 0.05) is 87.5 Å². The zero-order valence-electron chi connectivity index (χ0n) is 4.63. The third kappa shape index (κ3) is 70.2. The first-order valence-corrected chi connectivity index (χ1v) is 0. The Morgan fingerprint density at radius 1 is 0.375 bits per heavy atom. The molecule has 0 unspecified atom stereocenters. The molecule has 0 saturated heterocycles. The standard InChI is InChI=1S/Au.4H3N.3Ti/h;4*1H3;;;. The van der Waals surface area contributed by atoms with Crippen LogP contribution in [0.5, 0.6) is 0 Å². The topological polar surface area (TPSA) is 140 Å². The molecule has 1 radical (unpaired) electrons. The van der Waals surface area contributed by atoms with Crippen LogP contribution in [-0.2, 0) is 87.5 Å². The molecule has 0 atom stereocenters.